The number of nitrogens with zero attached hydrogens (tertiary/aromatic N) is 2. The van der Waals surface area contributed by atoms with Crippen LogP contribution in [0.5, 0.6) is 11.5 Å². The minimum Gasteiger partial charge on any atom is -0.454 e. The normalized spacial score (nSPS) is 16.4. The van der Waals surface area contributed by atoms with Crippen LogP contribution in [0.1, 0.15) is 31.0 Å². The van der Waals surface area contributed by atoms with Gasteiger partial charge in [-0.2, -0.15) is 0 Å². The number of halogens is 1. The Kier molecular flexibility index (Phi) is 6.41. The van der Waals surface area contributed by atoms with Crippen molar-refractivity contribution in [3.05, 3.63) is 53.9 Å². The molecule has 1 aliphatic carbocycles. The SMILES string of the molecule is CCNC(=NCc1ccccn1)NCC1(c2ccc3c(c2)OCO3)CC1.I. The van der Waals surface area contributed by atoms with Gasteiger partial charge in [-0.3, -0.25) is 4.98 Å². The molecule has 2 N–H and O–H groups in total. The molecule has 1 saturated carbocycles. The number of aromatic nitrogens is 1. The van der Waals surface area contributed by atoms with Crippen LogP contribution >= 0.6 is 24.0 Å². The highest BCUT2D eigenvalue weighted by atomic mass is 127. The fourth-order valence-corrected chi connectivity index (χ4v) is 3.19. The van der Waals surface area contributed by atoms with Crippen molar-refractivity contribution in [1.82, 2.24) is 15.6 Å². The van der Waals surface area contributed by atoms with Gasteiger partial charge >= 0.3 is 0 Å². The number of fused-ring (bicyclic) bond motifs is 1. The van der Waals surface area contributed by atoms with E-state index in [9.17, 15) is 0 Å². The molecule has 1 aromatic heterocycles. The third kappa shape index (κ3) is 4.63. The molecule has 0 unspecified atom stereocenters. The van der Waals surface area contributed by atoms with Gasteiger partial charge in [0.25, 0.3) is 0 Å². The molecular weight excluding hydrogens is 455 g/mol. The smallest absolute Gasteiger partial charge is 0.231 e. The standard InChI is InChI=1S/C20H24N4O2.HI/c1-2-21-19(23-12-16-5-3-4-10-22-16)24-13-20(8-9-20)15-6-7-17-18(11-15)26-14-25-17;/h3-7,10-11H,2,8-9,12-14H2,1H3,(H2,21,23,24);1H. The lowest BCUT2D eigenvalue weighted by atomic mass is 9.95. The molecule has 1 aromatic carbocycles. The van der Waals surface area contributed by atoms with E-state index in [1.54, 1.807) is 6.20 Å². The lowest BCUT2D eigenvalue weighted by molar-refractivity contribution is 0.174. The first kappa shape index (κ1) is 19.7. The first-order valence-corrected chi connectivity index (χ1v) is 9.11. The van der Waals surface area contributed by atoms with Crippen LogP contribution in [0.25, 0.3) is 0 Å². The average molecular weight is 480 g/mol. The number of benzene rings is 1. The summed E-state index contributed by atoms with van der Waals surface area (Å²) >= 11 is 0. The molecule has 0 radical (unpaired) electrons. The van der Waals surface area contributed by atoms with E-state index in [0.29, 0.717) is 13.3 Å². The number of guanidine groups is 1. The topological polar surface area (TPSA) is 67.8 Å². The molecule has 2 heterocycles. The molecule has 4 rings (SSSR count). The fourth-order valence-electron chi connectivity index (χ4n) is 3.19. The Morgan fingerprint density at radius 1 is 1.15 bits per heavy atom. The van der Waals surface area contributed by atoms with Gasteiger partial charge in [-0.15, -0.1) is 24.0 Å². The van der Waals surface area contributed by atoms with Crippen LogP contribution in [0.3, 0.4) is 0 Å². The van der Waals surface area contributed by atoms with Gasteiger partial charge < -0.3 is 20.1 Å². The van der Waals surface area contributed by atoms with E-state index in [1.807, 2.05) is 24.3 Å². The number of hydrogen-bond donors (Lipinski definition) is 2. The third-order valence-corrected chi connectivity index (χ3v) is 4.90. The number of ether oxygens (including phenoxy) is 2. The summed E-state index contributed by atoms with van der Waals surface area (Å²) in [4.78, 5) is 8.98. The van der Waals surface area contributed by atoms with Crippen LogP contribution in [0.2, 0.25) is 0 Å². The van der Waals surface area contributed by atoms with Crippen molar-refractivity contribution in [2.45, 2.75) is 31.7 Å². The molecule has 0 bridgehead atoms. The summed E-state index contributed by atoms with van der Waals surface area (Å²) in [5.41, 5.74) is 2.42. The Labute approximate surface area is 176 Å². The molecule has 7 heteroatoms. The summed E-state index contributed by atoms with van der Waals surface area (Å²) < 4.78 is 10.9. The van der Waals surface area contributed by atoms with E-state index in [1.165, 1.54) is 18.4 Å². The van der Waals surface area contributed by atoms with Crippen LogP contribution in [0.4, 0.5) is 0 Å². The van der Waals surface area contributed by atoms with Gasteiger partial charge in [0.05, 0.1) is 12.2 Å². The molecule has 6 nitrogen and oxygen atoms in total. The summed E-state index contributed by atoms with van der Waals surface area (Å²) in [5.74, 6) is 2.51. The molecule has 2 aromatic rings. The minimum absolute atomic E-state index is 0. The van der Waals surface area contributed by atoms with Crippen molar-refractivity contribution >= 4 is 29.9 Å². The van der Waals surface area contributed by atoms with Gasteiger partial charge in [-0.05, 0) is 49.6 Å². The van der Waals surface area contributed by atoms with Gasteiger partial charge in [0.15, 0.2) is 17.5 Å². The highest BCUT2D eigenvalue weighted by molar-refractivity contribution is 14.0. The maximum absolute atomic E-state index is 5.53. The van der Waals surface area contributed by atoms with Gasteiger partial charge in [0.2, 0.25) is 6.79 Å². The Balaban J connectivity index is 0.00000210. The number of aliphatic imine (C=N–C) groups is 1. The average Bonchev–Trinajstić information content (AvgIpc) is 3.33. The number of rotatable bonds is 6. The van der Waals surface area contributed by atoms with Gasteiger partial charge in [-0.25, -0.2) is 4.99 Å². The molecule has 0 saturated heterocycles. The van der Waals surface area contributed by atoms with E-state index in [4.69, 9.17) is 9.47 Å². The molecular formula is C20H25IN4O2. The van der Waals surface area contributed by atoms with Crippen LogP contribution in [0.15, 0.2) is 47.6 Å². The predicted octanol–water partition coefficient (Wildman–Crippen LogP) is 3.22. The van der Waals surface area contributed by atoms with Crippen molar-refractivity contribution < 1.29 is 9.47 Å². The van der Waals surface area contributed by atoms with E-state index >= 15 is 0 Å². The van der Waals surface area contributed by atoms with Gasteiger partial charge in [0, 0.05) is 24.7 Å². The maximum Gasteiger partial charge on any atom is 0.231 e. The number of nitrogens with one attached hydrogen (secondary N) is 2. The number of hydrogen-bond acceptors (Lipinski definition) is 4. The molecule has 0 spiro atoms. The maximum atomic E-state index is 5.53. The van der Waals surface area contributed by atoms with E-state index in [2.05, 4.69) is 39.7 Å². The van der Waals surface area contributed by atoms with Crippen LogP contribution in [0, 0.1) is 0 Å². The monoisotopic (exact) mass is 480 g/mol. The molecule has 1 fully saturated rings. The highest BCUT2D eigenvalue weighted by Gasteiger charge is 2.44. The third-order valence-electron chi connectivity index (χ3n) is 4.90. The minimum atomic E-state index is 0. The number of pyridine rings is 1. The summed E-state index contributed by atoms with van der Waals surface area (Å²) in [6, 6.07) is 12.2. The Morgan fingerprint density at radius 2 is 2.00 bits per heavy atom. The fraction of sp³-hybridized carbons (Fsp3) is 0.400. The quantitative estimate of drug-likeness (QED) is 0.378. The summed E-state index contributed by atoms with van der Waals surface area (Å²) in [6.07, 6.45) is 4.13. The van der Waals surface area contributed by atoms with Crippen molar-refractivity contribution in [2.75, 3.05) is 19.9 Å². The predicted molar refractivity (Wildman–Crippen MR) is 116 cm³/mol. The molecule has 144 valence electrons. The lowest BCUT2D eigenvalue weighted by Crippen LogP contribution is -2.41. The Morgan fingerprint density at radius 3 is 2.74 bits per heavy atom. The van der Waals surface area contributed by atoms with Crippen LogP contribution in [-0.2, 0) is 12.0 Å². The van der Waals surface area contributed by atoms with Crippen molar-refractivity contribution in [1.29, 1.82) is 0 Å². The second kappa shape index (κ2) is 8.77. The molecule has 0 amide bonds. The van der Waals surface area contributed by atoms with Crippen LogP contribution in [-0.4, -0.2) is 30.8 Å². The zero-order valence-corrected chi connectivity index (χ0v) is 17.7. The zero-order valence-electron chi connectivity index (χ0n) is 15.4. The summed E-state index contributed by atoms with van der Waals surface area (Å²) in [5, 5.41) is 6.81. The highest BCUT2D eigenvalue weighted by Crippen LogP contribution is 2.49. The molecule has 1 aliphatic heterocycles. The first-order chi connectivity index (χ1) is 12.8. The van der Waals surface area contributed by atoms with E-state index in [0.717, 1.165) is 36.2 Å². The van der Waals surface area contributed by atoms with Gasteiger partial charge in [0.1, 0.15) is 0 Å². The van der Waals surface area contributed by atoms with E-state index in [-0.39, 0.29) is 29.4 Å². The van der Waals surface area contributed by atoms with Gasteiger partial charge in [-0.1, -0.05) is 12.1 Å². The molecule has 27 heavy (non-hydrogen) atoms. The second-order valence-corrected chi connectivity index (χ2v) is 6.72. The lowest BCUT2D eigenvalue weighted by Gasteiger charge is -2.19. The largest absolute Gasteiger partial charge is 0.454 e. The Hall–Kier alpha value is -2.03. The Bertz CT molecular complexity index is 794. The van der Waals surface area contributed by atoms with E-state index < -0.39 is 0 Å². The zero-order chi connectivity index (χ0) is 17.8. The molecule has 0 atom stereocenters. The van der Waals surface area contributed by atoms with Crippen molar-refractivity contribution in [3.8, 4) is 11.5 Å². The molecule has 2 aliphatic rings. The summed E-state index contributed by atoms with van der Waals surface area (Å²) in [7, 11) is 0. The van der Waals surface area contributed by atoms with Crippen LogP contribution < -0.4 is 20.1 Å². The van der Waals surface area contributed by atoms with Crippen molar-refractivity contribution in [3.63, 3.8) is 0 Å². The summed E-state index contributed by atoms with van der Waals surface area (Å²) in [6.45, 7) is 4.62. The van der Waals surface area contributed by atoms with Crippen molar-refractivity contribution in [2.24, 2.45) is 4.99 Å². The first-order valence-electron chi connectivity index (χ1n) is 9.11. The second-order valence-electron chi connectivity index (χ2n) is 6.72.